The van der Waals surface area contributed by atoms with Gasteiger partial charge in [0.15, 0.2) is 0 Å². The Kier molecular flexibility index (Phi) is 6.77. The maximum absolute atomic E-state index is 12.7. The van der Waals surface area contributed by atoms with Gasteiger partial charge in [-0.05, 0) is 59.5 Å². The zero-order chi connectivity index (χ0) is 21.6. The highest BCUT2D eigenvalue weighted by Crippen LogP contribution is 2.24. The Hall–Kier alpha value is -3.28. The Labute approximate surface area is 173 Å². The van der Waals surface area contributed by atoms with Gasteiger partial charge >= 0.3 is 6.18 Å². The number of hydrogen-bond acceptors (Lipinski definition) is 3. The first kappa shape index (κ1) is 21.4. The van der Waals surface area contributed by atoms with Crippen molar-refractivity contribution in [3.63, 3.8) is 0 Å². The second kappa shape index (κ2) is 9.48. The molecule has 1 heterocycles. The van der Waals surface area contributed by atoms with Crippen LogP contribution in [0.4, 0.5) is 13.2 Å². The van der Waals surface area contributed by atoms with E-state index < -0.39 is 11.9 Å². The van der Waals surface area contributed by atoms with Gasteiger partial charge in [0.25, 0.3) is 0 Å². The number of ether oxygens (including phenoxy) is 1. The van der Waals surface area contributed by atoms with E-state index in [1.54, 1.807) is 25.3 Å². The molecule has 0 aliphatic rings. The van der Waals surface area contributed by atoms with Gasteiger partial charge in [0.1, 0.15) is 23.8 Å². The highest BCUT2D eigenvalue weighted by molar-refractivity contribution is 5.99. The lowest BCUT2D eigenvalue weighted by Crippen LogP contribution is -2.21. The molecular formula is C24H22F3NO2. The molecule has 156 valence electrons. The summed E-state index contributed by atoms with van der Waals surface area (Å²) in [5.74, 6) is 1.50. The third kappa shape index (κ3) is 5.86. The Morgan fingerprint density at radius 1 is 1.00 bits per heavy atom. The molecule has 0 fully saturated rings. The fraction of sp³-hybridized carbons (Fsp3) is 0.208. The lowest BCUT2D eigenvalue weighted by molar-refractivity contribution is -0.0578. The van der Waals surface area contributed by atoms with Crippen LogP contribution < -0.4 is 4.74 Å². The predicted octanol–water partition coefficient (Wildman–Crippen LogP) is 6.50. The van der Waals surface area contributed by atoms with E-state index in [2.05, 4.69) is 17.1 Å². The summed E-state index contributed by atoms with van der Waals surface area (Å²) >= 11 is 0. The van der Waals surface area contributed by atoms with E-state index in [1.165, 1.54) is 0 Å². The number of furan rings is 1. The molecule has 0 aliphatic heterocycles. The van der Waals surface area contributed by atoms with Crippen molar-refractivity contribution in [1.29, 1.82) is 0 Å². The minimum atomic E-state index is -4.47. The number of halogens is 3. The number of benzene rings is 2. The molecule has 0 spiro atoms. The molecule has 0 saturated heterocycles. The van der Waals surface area contributed by atoms with Crippen LogP contribution in [0.1, 0.15) is 18.2 Å². The van der Waals surface area contributed by atoms with Gasteiger partial charge in [-0.15, -0.1) is 0 Å². The Morgan fingerprint density at radius 3 is 2.17 bits per heavy atom. The largest absolute Gasteiger partial charge is 0.489 e. The summed E-state index contributed by atoms with van der Waals surface area (Å²) in [4.78, 5) is 3.28. The molecule has 1 aromatic heterocycles. The molecule has 3 rings (SSSR count). The lowest BCUT2D eigenvalue weighted by Gasteiger charge is -2.10. The number of hydrogen-bond donors (Lipinski definition) is 0. The summed E-state index contributed by atoms with van der Waals surface area (Å²) in [7, 11) is 1.12. The summed E-state index contributed by atoms with van der Waals surface area (Å²) in [5.41, 5.74) is 2.76. The van der Waals surface area contributed by atoms with Crippen molar-refractivity contribution in [2.45, 2.75) is 19.5 Å². The lowest BCUT2D eigenvalue weighted by atomic mass is 10.0. The van der Waals surface area contributed by atoms with Gasteiger partial charge in [0.2, 0.25) is 0 Å². The monoisotopic (exact) mass is 413 g/mol. The molecule has 0 saturated carbocycles. The van der Waals surface area contributed by atoms with Crippen LogP contribution in [0, 0.1) is 0 Å². The molecule has 2 aromatic carbocycles. The van der Waals surface area contributed by atoms with Crippen LogP contribution in [-0.2, 0) is 6.42 Å². The van der Waals surface area contributed by atoms with E-state index in [9.17, 15) is 13.2 Å². The van der Waals surface area contributed by atoms with Crippen LogP contribution in [-0.4, -0.2) is 25.5 Å². The second-order valence-electron chi connectivity index (χ2n) is 6.86. The molecule has 3 aromatic rings. The number of allylic oxidation sites excluding steroid dienone is 1. The van der Waals surface area contributed by atoms with Crippen molar-refractivity contribution >= 4 is 5.71 Å². The fourth-order valence-electron chi connectivity index (χ4n) is 2.92. The molecule has 0 atom stereocenters. The third-order valence-corrected chi connectivity index (χ3v) is 4.48. The van der Waals surface area contributed by atoms with Crippen LogP contribution in [0.15, 0.2) is 88.0 Å². The zero-order valence-electron chi connectivity index (χ0n) is 16.7. The number of aliphatic imine (C=N–C) groups is 1. The van der Waals surface area contributed by atoms with E-state index in [0.29, 0.717) is 11.3 Å². The quantitative estimate of drug-likeness (QED) is 0.415. The van der Waals surface area contributed by atoms with E-state index >= 15 is 0 Å². The van der Waals surface area contributed by atoms with Gasteiger partial charge < -0.3 is 9.15 Å². The van der Waals surface area contributed by atoms with Crippen LogP contribution in [0.25, 0.3) is 11.1 Å². The van der Waals surface area contributed by atoms with Gasteiger partial charge in [-0.3, -0.25) is 4.99 Å². The second-order valence-corrected chi connectivity index (χ2v) is 6.86. The van der Waals surface area contributed by atoms with E-state index in [-0.39, 0.29) is 6.61 Å². The van der Waals surface area contributed by atoms with Gasteiger partial charge in [0.05, 0.1) is 6.26 Å². The highest BCUT2D eigenvalue weighted by Gasteiger charge is 2.33. The summed E-state index contributed by atoms with van der Waals surface area (Å²) in [6.45, 7) is 1.63. The SMILES string of the molecule is CN=C(/C=C(\C)COc1ccc(-c2ccc(Cc3ccco3)cc2)cc1)C(F)(F)F. The third-order valence-electron chi connectivity index (χ3n) is 4.48. The summed E-state index contributed by atoms with van der Waals surface area (Å²) < 4.78 is 49.2. The Balaban J connectivity index is 1.59. The van der Waals surface area contributed by atoms with E-state index in [1.807, 2.05) is 36.4 Å². The average Bonchev–Trinajstić information content (AvgIpc) is 3.23. The first-order chi connectivity index (χ1) is 14.3. The van der Waals surface area contributed by atoms with Gasteiger partial charge in [-0.2, -0.15) is 13.2 Å². The molecule has 0 N–H and O–H groups in total. The van der Waals surface area contributed by atoms with Gasteiger partial charge in [-0.25, -0.2) is 0 Å². The van der Waals surface area contributed by atoms with Crippen LogP contribution in [0.2, 0.25) is 0 Å². The van der Waals surface area contributed by atoms with Crippen molar-refractivity contribution < 1.29 is 22.3 Å². The number of alkyl halides is 3. The van der Waals surface area contributed by atoms with Gasteiger partial charge in [-0.1, -0.05) is 36.4 Å². The van der Waals surface area contributed by atoms with Crippen molar-refractivity contribution in [1.82, 2.24) is 0 Å². The molecule has 0 bridgehead atoms. The van der Waals surface area contributed by atoms with Crippen LogP contribution >= 0.6 is 0 Å². The summed E-state index contributed by atoms with van der Waals surface area (Å²) in [6.07, 6.45) is -1.06. The molecule has 30 heavy (non-hydrogen) atoms. The molecule has 0 radical (unpaired) electrons. The fourth-order valence-corrected chi connectivity index (χ4v) is 2.92. The molecule has 3 nitrogen and oxygen atoms in total. The maximum Gasteiger partial charge on any atom is 0.432 e. The molecule has 0 aliphatic carbocycles. The van der Waals surface area contributed by atoms with Crippen molar-refractivity contribution in [2.24, 2.45) is 4.99 Å². The number of nitrogens with zero attached hydrogens (tertiary/aromatic N) is 1. The number of rotatable bonds is 7. The minimum absolute atomic E-state index is 0.0515. The van der Waals surface area contributed by atoms with Crippen molar-refractivity contribution in [3.05, 3.63) is 89.9 Å². The Morgan fingerprint density at radius 2 is 1.63 bits per heavy atom. The van der Waals surface area contributed by atoms with E-state index in [0.717, 1.165) is 42.0 Å². The summed E-state index contributed by atoms with van der Waals surface area (Å²) in [6, 6.07) is 19.5. The minimum Gasteiger partial charge on any atom is -0.489 e. The standard InChI is InChI=1S/C24H22F3NO2/c1-17(14-23(28-2)24(25,26)27)16-30-21-11-9-20(10-12-21)19-7-5-18(6-8-19)15-22-4-3-13-29-22/h3-14H,15-16H2,1-2H3/b17-14+,28-23?. The van der Waals surface area contributed by atoms with Crippen LogP contribution in [0.3, 0.4) is 0 Å². The van der Waals surface area contributed by atoms with Crippen molar-refractivity contribution in [2.75, 3.05) is 13.7 Å². The normalized spacial score (nSPS) is 12.8. The average molecular weight is 413 g/mol. The molecule has 0 unspecified atom stereocenters. The molecule has 6 heteroatoms. The first-order valence-electron chi connectivity index (χ1n) is 9.41. The highest BCUT2D eigenvalue weighted by atomic mass is 19.4. The first-order valence-corrected chi connectivity index (χ1v) is 9.41. The predicted molar refractivity (Wildman–Crippen MR) is 112 cm³/mol. The summed E-state index contributed by atoms with van der Waals surface area (Å²) in [5, 5.41) is 0. The topological polar surface area (TPSA) is 34.7 Å². The van der Waals surface area contributed by atoms with E-state index in [4.69, 9.17) is 9.15 Å². The molecule has 0 amide bonds. The van der Waals surface area contributed by atoms with Crippen molar-refractivity contribution in [3.8, 4) is 16.9 Å². The zero-order valence-corrected chi connectivity index (χ0v) is 16.7. The van der Waals surface area contributed by atoms with Gasteiger partial charge in [0, 0.05) is 13.5 Å². The smallest absolute Gasteiger partial charge is 0.432 e. The Bertz CT molecular complexity index is 1000. The van der Waals surface area contributed by atoms with Crippen LogP contribution in [0.5, 0.6) is 5.75 Å². The maximum atomic E-state index is 12.7. The molecular weight excluding hydrogens is 391 g/mol.